The fraction of sp³-hybridized carbons (Fsp3) is 0.294. The van der Waals surface area contributed by atoms with Gasteiger partial charge >= 0.3 is 0 Å². The van der Waals surface area contributed by atoms with Gasteiger partial charge in [-0.15, -0.1) is 0 Å². The molecule has 0 aliphatic carbocycles. The minimum atomic E-state index is -3.71. The number of hydrogen-bond donors (Lipinski definition) is 0. The van der Waals surface area contributed by atoms with Crippen LogP contribution in [0.1, 0.15) is 12.5 Å². The molecule has 2 aromatic rings. The maximum atomic E-state index is 12.6. The first-order valence-corrected chi connectivity index (χ1v) is 11.0. The van der Waals surface area contributed by atoms with Gasteiger partial charge in [-0.2, -0.15) is 4.31 Å². The fourth-order valence-electron chi connectivity index (χ4n) is 2.24. The minimum Gasteiger partial charge on any atom is -0.494 e. The summed E-state index contributed by atoms with van der Waals surface area (Å²) in [5.74, 6) is 0.730. The number of sulfone groups is 1. The number of ether oxygens (including phenoxy) is 1. The molecule has 0 saturated carbocycles. The van der Waals surface area contributed by atoms with Crippen molar-refractivity contribution >= 4 is 19.9 Å². The third-order valence-electron chi connectivity index (χ3n) is 3.60. The van der Waals surface area contributed by atoms with Crippen molar-refractivity contribution in [3.8, 4) is 5.75 Å². The van der Waals surface area contributed by atoms with Gasteiger partial charge in [-0.25, -0.2) is 16.8 Å². The lowest BCUT2D eigenvalue weighted by atomic mass is 10.2. The van der Waals surface area contributed by atoms with Gasteiger partial charge in [0, 0.05) is 19.8 Å². The Morgan fingerprint density at radius 1 is 0.880 bits per heavy atom. The van der Waals surface area contributed by atoms with E-state index in [2.05, 4.69) is 0 Å². The van der Waals surface area contributed by atoms with Crippen LogP contribution in [-0.4, -0.2) is 41.1 Å². The molecule has 0 aliphatic rings. The van der Waals surface area contributed by atoms with Gasteiger partial charge in [0.25, 0.3) is 0 Å². The van der Waals surface area contributed by atoms with Crippen LogP contribution in [0.25, 0.3) is 0 Å². The Labute approximate surface area is 149 Å². The molecule has 2 rings (SSSR count). The molecule has 0 aromatic heterocycles. The van der Waals surface area contributed by atoms with Crippen LogP contribution in [0.4, 0.5) is 0 Å². The lowest BCUT2D eigenvalue weighted by Gasteiger charge is -2.17. The number of nitrogens with zero attached hydrogens (tertiary/aromatic N) is 1. The summed E-state index contributed by atoms with van der Waals surface area (Å²) in [6.07, 6.45) is 1.08. The molecule has 25 heavy (non-hydrogen) atoms. The first-order chi connectivity index (χ1) is 11.6. The highest BCUT2D eigenvalue weighted by Gasteiger charge is 2.21. The molecule has 0 atom stereocenters. The van der Waals surface area contributed by atoms with Crippen molar-refractivity contribution in [2.24, 2.45) is 0 Å². The molecule has 136 valence electrons. The average Bonchev–Trinajstić information content (AvgIpc) is 2.56. The van der Waals surface area contributed by atoms with Crippen LogP contribution in [-0.2, 0) is 26.4 Å². The lowest BCUT2D eigenvalue weighted by molar-refractivity contribution is 0.340. The Bertz CT molecular complexity index is 918. The quantitative estimate of drug-likeness (QED) is 0.733. The molecule has 6 nitrogen and oxygen atoms in total. The van der Waals surface area contributed by atoms with E-state index in [0.717, 1.165) is 17.6 Å². The van der Waals surface area contributed by atoms with Crippen molar-refractivity contribution < 1.29 is 21.6 Å². The maximum absolute atomic E-state index is 12.6. The van der Waals surface area contributed by atoms with E-state index in [4.69, 9.17) is 4.74 Å². The largest absolute Gasteiger partial charge is 0.494 e. The van der Waals surface area contributed by atoms with Crippen LogP contribution in [0.2, 0.25) is 0 Å². The highest BCUT2D eigenvalue weighted by atomic mass is 32.2. The van der Waals surface area contributed by atoms with Crippen LogP contribution in [0, 0.1) is 0 Å². The monoisotopic (exact) mass is 383 g/mol. The summed E-state index contributed by atoms with van der Waals surface area (Å²) in [6, 6.07) is 12.4. The van der Waals surface area contributed by atoms with Crippen molar-refractivity contribution in [3.63, 3.8) is 0 Å². The second-order valence-electron chi connectivity index (χ2n) is 5.58. The van der Waals surface area contributed by atoms with Crippen LogP contribution >= 0.6 is 0 Å². The molecule has 2 aromatic carbocycles. The second kappa shape index (κ2) is 7.55. The molecular formula is C17H21NO5S2. The van der Waals surface area contributed by atoms with E-state index in [1.807, 2.05) is 19.1 Å². The van der Waals surface area contributed by atoms with Crippen molar-refractivity contribution in [2.45, 2.75) is 23.3 Å². The summed E-state index contributed by atoms with van der Waals surface area (Å²) in [7, 11) is -5.59. The standard InChI is InChI=1S/C17H21NO5S2/c1-4-23-15-7-5-14(6-8-15)13-18(2)25(21,22)17-11-9-16(10-12-17)24(3,19)20/h5-12H,4,13H2,1-3H3. The Hall–Kier alpha value is -1.90. The summed E-state index contributed by atoms with van der Waals surface area (Å²) in [6.45, 7) is 2.66. The van der Waals surface area contributed by atoms with E-state index < -0.39 is 19.9 Å². The predicted molar refractivity (Wildman–Crippen MR) is 95.8 cm³/mol. The van der Waals surface area contributed by atoms with Gasteiger partial charge < -0.3 is 4.74 Å². The zero-order valence-electron chi connectivity index (χ0n) is 14.3. The highest BCUT2D eigenvalue weighted by molar-refractivity contribution is 7.90. The Morgan fingerprint density at radius 2 is 1.40 bits per heavy atom. The second-order valence-corrected chi connectivity index (χ2v) is 9.64. The molecule has 0 unspecified atom stereocenters. The van der Waals surface area contributed by atoms with Crippen LogP contribution in [0.15, 0.2) is 58.3 Å². The van der Waals surface area contributed by atoms with Gasteiger partial charge in [-0.3, -0.25) is 0 Å². The molecule has 8 heteroatoms. The summed E-state index contributed by atoms with van der Waals surface area (Å²) in [4.78, 5) is 0.133. The molecule has 0 aliphatic heterocycles. The van der Waals surface area contributed by atoms with Gasteiger partial charge in [0.2, 0.25) is 10.0 Å². The van der Waals surface area contributed by atoms with E-state index in [-0.39, 0.29) is 16.3 Å². The molecule has 0 N–H and O–H groups in total. The molecule has 0 bridgehead atoms. The smallest absolute Gasteiger partial charge is 0.243 e. The zero-order valence-corrected chi connectivity index (χ0v) is 16.0. The van der Waals surface area contributed by atoms with E-state index in [1.165, 1.54) is 35.6 Å². The third kappa shape index (κ3) is 4.81. The first-order valence-electron chi connectivity index (χ1n) is 7.63. The SMILES string of the molecule is CCOc1ccc(CN(C)S(=O)(=O)c2ccc(S(C)(=O)=O)cc2)cc1. The summed E-state index contributed by atoms with van der Waals surface area (Å²) < 4.78 is 54.8. The molecular weight excluding hydrogens is 362 g/mol. The predicted octanol–water partition coefficient (Wildman–Crippen LogP) is 2.31. The topological polar surface area (TPSA) is 80.8 Å². The lowest BCUT2D eigenvalue weighted by Crippen LogP contribution is -2.26. The van der Waals surface area contributed by atoms with E-state index in [9.17, 15) is 16.8 Å². The number of hydrogen-bond acceptors (Lipinski definition) is 5. The first kappa shape index (κ1) is 19.4. The van der Waals surface area contributed by atoms with E-state index in [1.54, 1.807) is 12.1 Å². The fourth-order valence-corrected chi connectivity index (χ4v) is 4.03. The Morgan fingerprint density at radius 3 is 1.88 bits per heavy atom. The minimum absolute atomic E-state index is 0.0494. The Kier molecular flexibility index (Phi) is 5.87. The van der Waals surface area contributed by atoms with Crippen molar-refractivity contribution in [2.75, 3.05) is 19.9 Å². The number of benzene rings is 2. The Balaban J connectivity index is 2.18. The summed E-state index contributed by atoms with van der Waals surface area (Å²) >= 11 is 0. The number of rotatable bonds is 7. The highest BCUT2D eigenvalue weighted by Crippen LogP contribution is 2.20. The average molecular weight is 383 g/mol. The van der Waals surface area contributed by atoms with Gasteiger partial charge in [-0.1, -0.05) is 12.1 Å². The van der Waals surface area contributed by atoms with Gasteiger partial charge in [-0.05, 0) is 48.9 Å². The van der Waals surface area contributed by atoms with Crippen molar-refractivity contribution in [1.29, 1.82) is 0 Å². The van der Waals surface area contributed by atoms with Crippen LogP contribution in [0.3, 0.4) is 0 Å². The molecule has 0 spiro atoms. The van der Waals surface area contributed by atoms with Gasteiger partial charge in [0.05, 0.1) is 16.4 Å². The summed E-state index contributed by atoms with van der Waals surface area (Å²) in [5.41, 5.74) is 0.822. The number of sulfonamides is 1. The molecule has 0 saturated heterocycles. The van der Waals surface area contributed by atoms with Gasteiger partial charge in [0.1, 0.15) is 5.75 Å². The summed E-state index contributed by atoms with van der Waals surface area (Å²) in [5, 5.41) is 0. The molecule has 0 amide bonds. The zero-order chi connectivity index (χ0) is 18.7. The van der Waals surface area contributed by atoms with E-state index in [0.29, 0.717) is 6.61 Å². The van der Waals surface area contributed by atoms with E-state index >= 15 is 0 Å². The molecule has 0 radical (unpaired) electrons. The van der Waals surface area contributed by atoms with Crippen molar-refractivity contribution in [3.05, 3.63) is 54.1 Å². The third-order valence-corrected chi connectivity index (χ3v) is 6.55. The normalized spacial score (nSPS) is 12.3. The molecule has 0 fully saturated rings. The molecule has 0 heterocycles. The van der Waals surface area contributed by atoms with Gasteiger partial charge in [0.15, 0.2) is 9.84 Å². The van der Waals surface area contributed by atoms with Crippen LogP contribution in [0.5, 0.6) is 5.75 Å². The van der Waals surface area contributed by atoms with Crippen molar-refractivity contribution in [1.82, 2.24) is 4.31 Å². The maximum Gasteiger partial charge on any atom is 0.243 e. The van der Waals surface area contributed by atoms with Crippen LogP contribution < -0.4 is 4.74 Å².